The van der Waals surface area contributed by atoms with E-state index in [1.165, 1.54) is 12.0 Å². The van der Waals surface area contributed by atoms with Crippen molar-refractivity contribution >= 4 is 28.6 Å². The van der Waals surface area contributed by atoms with Gasteiger partial charge < -0.3 is 4.74 Å². The summed E-state index contributed by atoms with van der Waals surface area (Å²) in [6.07, 6.45) is 6.69. The highest BCUT2D eigenvalue weighted by atomic mass is 127. The summed E-state index contributed by atoms with van der Waals surface area (Å²) in [7, 11) is 0. The molecule has 1 aliphatic carbocycles. The first-order valence-corrected chi connectivity index (χ1v) is 9.70. The molecule has 2 nitrogen and oxygen atoms in total. The van der Waals surface area contributed by atoms with E-state index in [1.807, 2.05) is 12.1 Å². The number of carbonyl (C=O) groups excluding carboxylic acids is 1. The Bertz CT molecular complexity index is 487. The Balaban J connectivity index is 2.10. The largest absolute Gasteiger partial charge is 0.455 e. The molecule has 0 bridgehead atoms. The summed E-state index contributed by atoms with van der Waals surface area (Å²) in [4.78, 5) is 12.5. The van der Waals surface area contributed by atoms with Crippen LogP contribution < -0.4 is 0 Å². The molecule has 0 saturated heterocycles. The number of ether oxygens (including phenoxy) is 1. The molecule has 0 aliphatic heterocycles. The Morgan fingerprint density at radius 3 is 2.27 bits per heavy atom. The van der Waals surface area contributed by atoms with Crippen LogP contribution in [0.1, 0.15) is 79.1 Å². The maximum absolute atomic E-state index is 12.5. The first kappa shape index (κ1) is 17.8. The second kappa shape index (κ2) is 7.80. The van der Waals surface area contributed by atoms with Crippen molar-refractivity contribution in [3.8, 4) is 0 Å². The van der Waals surface area contributed by atoms with E-state index in [-0.39, 0.29) is 11.6 Å². The maximum atomic E-state index is 12.5. The van der Waals surface area contributed by atoms with Crippen LogP contribution in [0.15, 0.2) is 24.3 Å². The Morgan fingerprint density at radius 1 is 1.18 bits per heavy atom. The molecule has 0 aromatic heterocycles. The van der Waals surface area contributed by atoms with Crippen molar-refractivity contribution < 1.29 is 9.53 Å². The van der Waals surface area contributed by atoms with E-state index in [1.54, 1.807) is 0 Å². The van der Waals surface area contributed by atoms with Gasteiger partial charge >= 0.3 is 5.97 Å². The van der Waals surface area contributed by atoms with Crippen molar-refractivity contribution in [3.63, 3.8) is 0 Å². The van der Waals surface area contributed by atoms with Crippen LogP contribution in [0.25, 0.3) is 0 Å². The second-order valence-electron chi connectivity index (χ2n) is 6.67. The summed E-state index contributed by atoms with van der Waals surface area (Å²) in [5.74, 6) is 0.207. The predicted molar refractivity (Wildman–Crippen MR) is 99.6 cm³/mol. The van der Waals surface area contributed by atoms with E-state index in [0.29, 0.717) is 15.4 Å². The summed E-state index contributed by atoms with van der Waals surface area (Å²) < 4.78 is 6.52. The van der Waals surface area contributed by atoms with Crippen LogP contribution in [-0.2, 0) is 4.74 Å². The number of halogens is 1. The summed E-state index contributed by atoms with van der Waals surface area (Å²) in [5, 5.41) is 0. The van der Waals surface area contributed by atoms with E-state index in [0.717, 1.165) is 32.1 Å². The van der Waals surface area contributed by atoms with Crippen LogP contribution >= 0.6 is 22.6 Å². The average Bonchev–Trinajstić information content (AvgIpc) is 2.55. The third-order valence-corrected chi connectivity index (χ3v) is 6.51. The molecule has 1 aromatic carbocycles. The van der Waals surface area contributed by atoms with Crippen molar-refractivity contribution in [1.82, 2.24) is 0 Å². The third-order valence-electron chi connectivity index (χ3n) is 4.91. The summed E-state index contributed by atoms with van der Waals surface area (Å²) in [5.41, 5.74) is 1.69. The number of benzene rings is 1. The first-order valence-electron chi connectivity index (χ1n) is 8.46. The molecule has 1 saturated carbocycles. The van der Waals surface area contributed by atoms with Crippen molar-refractivity contribution in [1.29, 1.82) is 0 Å². The lowest BCUT2D eigenvalue weighted by Gasteiger charge is -2.40. The molecule has 0 amide bonds. The SMILES string of the molecule is CCC(I)c1ccc(C(=O)OC2(C(C)C)CCCCC2)cc1. The van der Waals surface area contributed by atoms with Crippen molar-refractivity contribution in [3.05, 3.63) is 35.4 Å². The van der Waals surface area contributed by atoms with E-state index in [2.05, 4.69) is 55.5 Å². The molecule has 122 valence electrons. The highest BCUT2D eigenvalue weighted by Crippen LogP contribution is 2.38. The first-order chi connectivity index (χ1) is 10.5. The Kier molecular flexibility index (Phi) is 6.30. The molecular formula is C19H27IO2. The van der Waals surface area contributed by atoms with Crippen LogP contribution in [0.2, 0.25) is 0 Å². The fourth-order valence-electron chi connectivity index (χ4n) is 3.25. The predicted octanol–water partition coefficient (Wildman–Crippen LogP) is 6.09. The molecule has 0 spiro atoms. The zero-order valence-electron chi connectivity index (χ0n) is 13.9. The quantitative estimate of drug-likeness (QED) is 0.331. The van der Waals surface area contributed by atoms with Gasteiger partial charge in [-0.2, -0.15) is 0 Å². The van der Waals surface area contributed by atoms with Crippen molar-refractivity contribution in [2.75, 3.05) is 0 Å². The molecule has 0 N–H and O–H groups in total. The molecule has 1 unspecified atom stereocenters. The standard InChI is InChI=1S/C19H27IO2/c1-4-17(20)15-8-10-16(11-9-15)18(21)22-19(14(2)3)12-6-5-7-13-19/h8-11,14,17H,4-7,12-13H2,1-3H3. The van der Waals surface area contributed by atoms with E-state index in [9.17, 15) is 4.79 Å². The van der Waals surface area contributed by atoms with Gasteiger partial charge in [0.15, 0.2) is 0 Å². The lowest BCUT2D eigenvalue weighted by atomic mass is 9.77. The van der Waals surface area contributed by atoms with Gasteiger partial charge in [0.1, 0.15) is 5.60 Å². The van der Waals surface area contributed by atoms with Gasteiger partial charge in [-0.25, -0.2) is 4.79 Å². The molecule has 1 aromatic rings. The zero-order valence-corrected chi connectivity index (χ0v) is 16.1. The summed E-state index contributed by atoms with van der Waals surface area (Å²) in [6.45, 7) is 6.52. The lowest BCUT2D eigenvalue weighted by molar-refractivity contribution is -0.0644. The molecule has 0 radical (unpaired) electrons. The number of hydrogen-bond acceptors (Lipinski definition) is 2. The number of esters is 1. The van der Waals surface area contributed by atoms with E-state index in [4.69, 9.17) is 4.74 Å². The second-order valence-corrected chi connectivity index (χ2v) is 8.17. The van der Waals surface area contributed by atoms with Gasteiger partial charge in [-0.05, 0) is 55.7 Å². The number of rotatable bonds is 5. The van der Waals surface area contributed by atoms with Crippen LogP contribution in [0.5, 0.6) is 0 Å². The molecule has 1 fully saturated rings. The zero-order chi connectivity index (χ0) is 16.2. The summed E-state index contributed by atoms with van der Waals surface area (Å²) in [6, 6.07) is 7.94. The molecule has 2 rings (SSSR count). The minimum absolute atomic E-state index is 0.163. The number of alkyl halides is 1. The maximum Gasteiger partial charge on any atom is 0.338 e. The third kappa shape index (κ3) is 4.03. The molecule has 1 aliphatic rings. The Morgan fingerprint density at radius 2 is 1.77 bits per heavy atom. The van der Waals surface area contributed by atoms with Crippen LogP contribution in [0, 0.1) is 5.92 Å². The van der Waals surface area contributed by atoms with Crippen molar-refractivity contribution in [2.45, 2.75) is 68.8 Å². The molecule has 22 heavy (non-hydrogen) atoms. The van der Waals surface area contributed by atoms with Gasteiger partial charge in [-0.1, -0.05) is 61.9 Å². The van der Waals surface area contributed by atoms with Crippen molar-refractivity contribution in [2.24, 2.45) is 5.92 Å². The van der Waals surface area contributed by atoms with Gasteiger partial charge in [0.2, 0.25) is 0 Å². The Labute approximate surface area is 148 Å². The number of carbonyl (C=O) groups is 1. The summed E-state index contributed by atoms with van der Waals surface area (Å²) >= 11 is 2.44. The highest BCUT2D eigenvalue weighted by Gasteiger charge is 2.39. The van der Waals surface area contributed by atoms with E-state index < -0.39 is 0 Å². The number of hydrogen-bond donors (Lipinski definition) is 0. The Hall–Kier alpha value is -0.580. The lowest BCUT2D eigenvalue weighted by Crippen LogP contribution is -2.42. The van der Waals surface area contributed by atoms with Crippen LogP contribution in [-0.4, -0.2) is 11.6 Å². The smallest absolute Gasteiger partial charge is 0.338 e. The molecule has 3 heteroatoms. The fourth-order valence-corrected chi connectivity index (χ4v) is 3.67. The van der Waals surface area contributed by atoms with Gasteiger partial charge in [0, 0.05) is 3.92 Å². The van der Waals surface area contributed by atoms with Gasteiger partial charge in [0.25, 0.3) is 0 Å². The minimum atomic E-state index is -0.261. The van der Waals surface area contributed by atoms with Gasteiger partial charge in [0.05, 0.1) is 5.56 Å². The minimum Gasteiger partial charge on any atom is -0.455 e. The van der Waals surface area contributed by atoms with Crippen LogP contribution in [0.3, 0.4) is 0 Å². The van der Waals surface area contributed by atoms with Gasteiger partial charge in [-0.15, -0.1) is 0 Å². The highest BCUT2D eigenvalue weighted by molar-refractivity contribution is 14.1. The average molecular weight is 414 g/mol. The molecule has 0 heterocycles. The topological polar surface area (TPSA) is 26.3 Å². The monoisotopic (exact) mass is 414 g/mol. The fraction of sp³-hybridized carbons (Fsp3) is 0.632. The molecule has 1 atom stereocenters. The normalized spacial score (nSPS) is 19.0. The van der Waals surface area contributed by atoms with Crippen LogP contribution in [0.4, 0.5) is 0 Å². The van der Waals surface area contributed by atoms with E-state index >= 15 is 0 Å². The molecular weight excluding hydrogens is 387 g/mol. The van der Waals surface area contributed by atoms with Gasteiger partial charge in [-0.3, -0.25) is 0 Å².